The van der Waals surface area contributed by atoms with E-state index < -0.39 is 23.8 Å². The average molecular weight is 293 g/mol. The Bertz CT molecular complexity index is 758. The second kappa shape index (κ2) is 5.61. The Balaban J connectivity index is 2.51. The number of rotatable bonds is 4. The van der Waals surface area contributed by atoms with Gasteiger partial charge >= 0.3 is 5.97 Å². The SMILES string of the molecule is COc1cc(-c2nc(N)c(CC(=O)O)c(=O)[nH]2)ccc1F. The number of benzene rings is 1. The van der Waals surface area contributed by atoms with E-state index in [1.54, 1.807) is 0 Å². The van der Waals surface area contributed by atoms with Crippen molar-refractivity contribution >= 4 is 11.8 Å². The number of aromatic nitrogens is 2. The van der Waals surface area contributed by atoms with Gasteiger partial charge in [-0.05, 0) is 18.2 Å². The van der Waals surface area contributed by atoms with Crippen molar-refractivity contribution in [3.8, 4) is 17.1 Å². The Hall–Kier alpha value is -2.90. The van der Waals surface area contributed by atoms with E-state index in [2.05, 4.69) is 9.97 Å². The zero-order valence-corrected chi connectivity index (χ0v) is 11.0. The molecule has 1 heterocycles. The molecule has 1 aromatic carbocycles. The van der Waals surface area contributed by atoms with Gasteiger partial charge in [0, 0.05) is 5.56 Å². The fourth-order valence-corrected chi connectivity index (χ4v) is 1.78. The van der Waals surface area contributed by atoms with Gasteiger partial charge < -0.3 is 20.6 Å². The number of ether oxygens (including phenoxy) is 1. The largest absolute Gasteiger partial charge is 0.494 e. The summed E-state index contributed by atoms with van der Waals surface area (Å²) in [5, 5.41) is 8.71. The molecular weight excluding hydrogens is 281 g/mol. The van der Waals surface area contributed by atoms with Crippen LogP contribution in [0.1, 0.15) is 5.56 Å². The molecule has 0 bridgehead atoms. The molecule has 0 aliphatic heterocycles. The van der Waals surface area contributed by atoms with Crippen molar-refractivity contribution in [1.82, 2.24) is 9.97 Å². The number of methoxy groups -OCH3 is 1. The Labute approximate surface area is 118 Å². The van der Waals surface area contributed by atoms with Gasteiger partial charge in [-0.1, -0.05) is 0 Å². The number of halogens is 1. The molecule has 2 rings (SSSR count). The number of aromatic amines is 1. The van der Waals surface area contributed by atoms with Crippen LogP contribution in [0.3, 0.4) is 0 Å². The number of aliphatic carboxylic acids is 1. The zero-order chi connectivity index (χ0) is 15.6. The summed E-state index contributed by atoms with van der Waals surface area (Å²) in [6.07, 6.45) is -0.527. The third-order valence-corrected chi connectivity index (χ3v) is 2.80. The van der Waals surface area contributed by atoms with Gasteiger partial charge in [0.05, 0.1) is 19.1 Å². The van der Waals surface area contributed by atoms with Crippen molar-refractivity contribution in [2.75, 3.05) is 12.8 Å². The molecule has 0 atom stereocenters. The van der Waals surface area contributed by atoms with E-state index in [1.165, 1.54) is 19.2 Å². The van der Waals surface area contributed by atoms with Crippen molar-refractivity contribution in [2.24, 2.45) is 0 Å². The Kier molecular flexibility index (Phi) is 3.88. The first-order chi connectivity index (χ1) is 9.92. The van der Waals surface area contributed by atoms with Gasteiger partial charge in [-0.15, -0.1) is 0 Å². The Morgan fingerprint density at radius 3 is 2.81 bits per heavy atom. The molecule has 8 heteroatoms. The third-order valence-electron chi connectivity index (χ3n) is 2.80. The first kappa shape index (κ1) is 14.5. The molecule has 0 saturated heterocycles. The first-order valence-electron chi connectivity index (χ1n) is 5.86. The molecule has 0 saturated carbocycles. The predicted molar refractivity (Wildman–Crippen MR) is 72.6 cm³/mol. The summed E-state index contributed by atoms with van der Waals surface area (Å²) in [5.74, 6) is -1.84. The minimum Gasteiger partial charge on any atom is -0.494 e. The lowest BCUT2D eigenvalue weighted by Gasteiger charge is -2.07. The number of nitrogens with two attached hydrogens (primary N) is 1. The number of anilines is 1. The molecule has 110 valence electrons. The number of carbonyl (C=O) groups is 1. The molecule has 21 heavy (non-hydrogen) atoms. The van der Waals surface area contributed by atoms with Gasteiger partial charge in [-0.25, -0.2) is 9.37 Å². The Morgan fingerprint density at radius 1 is 1.52 bits per heavy atom. The first-order valence-corrected chi connectivity index (χ1v) is 5.86. The predicted octanol–water partition coefficient (Wildman–Crippen LogP) is 0.794. The normalized spacial score (nSPS) is 10.4. The highest BCUT2D eigenvalue weighted by atomic mass is 19.1. The maximum absolute atomic E-state index is 13.3. The number of carboxylic acids is 1. The van der Waals surface area contributed by atoms with Crippen molar-refractivity contribution in [3.05, 3.63) is 39.9 Å². The van der Waals surface area contributed by atoms with Crippen molar-refractivity contribution in [3.63, 3.8) is 0 Å². The van der Waals surface area contributed by atoms with Crippen LogP contribution in [0.15, 0.2) is 23.0 Å². The molecular formula is C13H12FN3O4. The maximum Gasteiger partial charge on any atom is 0.308 e. The number of nitrogen functional groups attached to an aromatic ring is 1. The van der Waals surface area contributed by atoms with E-state index in [-0.39, 0.29) is 23.0 Å². The van der Waals surface area contributed by atoms with Crippen LogP contribution in [0.5, 0.6) is 5.75 Å². The van der Waals surface area contributed by atoms with Gasteiger partial charge in [0.25, 0.3) is 5.56 Å². The molecule has 0 aliphatic rings. The molecule has 0 aliphatic carbocycles. The zero-order valence-electron chi connectivity index (χ0n) is 11.0. The number of carboxylic acid groups (broad SMARTS) is 1. The van der Waals surface area contributed by atoms with Crippen LogP contribution in [-0.2, 0) is 11.2 Å². The monoisotopic (exact) mass is 293 g/mol. The summed E-state index contributed by atoms with van der Waals surface area (Å²) < 4.78 is 18.2. The fraction of sp³-hybridized carbons (Fsp3) is 0.154. The number of hydrogen-bond acceptors (Lipinski definition) is 5. The van der Waals surface area contributed by atoms with E-state index in [1.807, 2.05) is 0 Å². The van der Waals surface area contributed by atoms with Gasteiger partial charge in [-0.3, -0.25) is 9.59 Å². The Morgan fingerprint density at radius 2 is 2.24 bits per heavy atom. The van der Waals surface area contributed by atoms with Crippen LogP contribution in [0.25, 0.3) is 11.4 Å². The number of H-pyrrole nitrogens is 1. The average Bonchev–Trinajstić information content (AvgIpc) is 2.43. The summed E-state index contributed by atoms with van der Waals surface area (Å²) in [5.41, 5.74) is 5.22. The number of nitrogens with zero attached hydrogens (tertiary/aromatic N) is 1. The third kappa shape index (κ3) is 2.99. The lowest BCUT2D eigenvalue weighted by molar-refractivity contribution is -0.136. The van der Waals surface area contributed by atoms with E-state index in [9.17, 15) is 14.0 Å². The smallest absolute Gasteiger partial charge is 0.308 e. The second-order valence-corrected chi connectivity index (χ2v) is 4.20. The lowest BCUT2D eigenvalue weighted by Crippen LogP contribution is -2.21. The van der Waals surface area contributed by atoms with E-state index in [4.69, 9.17) is 15.6 Å². The van der Waals surface area contributed by atoms with E-state index in [0.29, 0.717) is 5.56 Å². The lowest BCUT2D eigenvalue weighted by atomic mass is 10.1. The molecule has 0 fully saturated rings. The van der Waals surface area contributed by atoms with Gasteiger partial charge in [0.15, 0.2) is 11.6 Å². The van der Waals surface area contributed by atoms with Crippen molar-refractivity contribution < 1.29 is 19.0 Å². The number of nitrogens with one attached hydrogen (secondary N) is 1. The summed E-state index contributed by atoms with van der Waals surface area (Å²) >= 11 is 0. The van der Waals surface area contributed by atoms with Crippen LogP contribution in [0.4, 0.5) is 10.2 Å². The molecule has 2 aromatic rings. The van der Waals surface area contributed by atoms with Crippen LogP contribution >= 0.6 is 0 Å². The van der Waals surface area contributed by atoms with Crippen molar-refractivity contribution in [1.29, 1.82) is 0 Å². The van der Waals surface area contributed by atoms with Crippen LogP contribution in [-0.4, -0.2) is 28.2 Å². The summed E-state index contributed by atoms with van der Waals surface area (Å²) in [6.45, 7) is 0. The molecule has 4 N–H and O–H groups in total. The second-order valence-electron chi connectivity index (χ2n) is 4.20. The highest BCUT2D eigenvalue weighted by molar-refractivity contribution is 5.72. The standard InChI is InChI=1S/C13H12FN3O4/c1-21-9-4-6(2-3-8(9)14)12-16-11(15)7(5-10(18)19)13(20)17-12/h2-4H,5H2,1H3,(H,18,19)(H3,15,16,17,20). The summed E-state index contributed by atoms with van der Waals surface area (Å²) in [7, 11) is 1.31. The van der Waals surface area contributed by atoms with Crippen LogP contribution in [0, 0.1) is 5.82 Å². The summed E-state index contributed by atoms with van der Waals surface area (Å²) in [6, 6.07) is 3.91. The van der Waals surface area contributed by atoms with Gasteiger partial charge in [0.2, 0.25) is 0 Å². The fourth-order valence-electron chi connectivity index (χ4n) is 1.78. The molecule has 0 amide bonds. The minimum absolute atomic E-state index is 0.0108. The highest BCUT2D eigenvalue weighted by Gasteiger charge is 2.14. The summed E-state index contributed by atoms with van der Waals surface area (Å²) in [4.78, 5) is 28.9. The van der Waals surface area contributed by atoms with Gasteiger partial charge in [-0.2, -0.15) is 0 Å². The molecule has 0 radical (unpaired) electrons. The highest BCUT2D eigenvalue weighted by Crippen LogP contribution is 2.24. The van der Waals surface area contributed by atoms with Crippen LogP contribution < -0.4 is 16.0 Å². The van der Waals surface area contributed by atoms with Crippen molar-refractivity contribution in [2.45, 2.75) is 6.42 Å². The molecule has 0 spiro atoms. The van der Waals surface area contributed by atoms with E-state index >= 15 is 0 Å². The molecule has 7 nitrogen and oxygen atoms in total. The van der Waals surface area contributed by atoms with Gasteiger partial charge in [0.1, 0.15) is 11.6 Å². The topological polar surface area (TPSA) is 118 Å². The minimum atomic E-state index is -1.19. The molecule has 1 aromatic heterocycles. The van der Waals surface area contributed by atoms with E-state index in [0.717, 1.165) is 6.07 Å². The maximum atomic E-state index is 13.3. The molecule has 0 unspecified atom stereocenters. The number of hydrogen-bond donors (Lipinski definition) is 3. The quantitative estimate of drug-likeness (QED) is 0.767. The van der Waals surface area contributed by atoms with Crippen LogP contribution in [0.2, 0.25) is 0 Å².